The van der Waals surface area contributed by atoms with Crippen molar-refractivity contribution >= 4 is 46.1 Å². The zero-order valence-electron chi connectivity index (χ0n) is 19.4. The maximum atomic E-state index is 13.0. The van der Waals surface area contributed by atoms with Gasteiger partial charge in [0.2, 0.25) is 5.88 Å². The Balaban J connectivity index is 1.74. The summed E-state index contributed by atoms with van der Waals surface area (Å²) in [5.74, 6) is -1.04. The molecule has 1 aliphatic heterocycles. The number of hydrogen-bond acceptors (Lipinski definition) is 7. The number of nitrogens with zero attached hydrogens (tertiary/aromatic N) is 3. The number of aromatic hydroxyl groups is 1. The van der Waals surface area contributed by atoms with E-state index in [2.05, 4.69) is 0 Å². The van der Waals surface area contributed by atoms with Crippen LogP contribution in [0.5, 0.6) is 5.88 Å². The third-order valence-electron chi connectivity index (χ3n) is 5.58. The molecule has 1 saturated heterocycles. The van der Waals surface area contributed by atoms with Crippen LogP contribution in [-0.2, 0) is 4.79 Å². The van der Waals surface area contributed by atoms with Crippen molar-refractivity contribution in [1.29, 1.82) is 5.26 Å². The van der Waals surface area contributed by atoms with Gasteiger partial charge in [-0.2, -0.15) is 5.26 Å². The monoisotopic (exact) mass is 495 g/mol. The Hall–Kier alpha value is -3.22. The van der Waals surface area contributed by atoms with Crippen molar-refractivity contribution in [1.82, 2.24) is 9.47 Å². The van der Waals surface area contributed by atoms with Gasteiger partial charge in [0, 0.05) is 19.0 Å². The molecule has 0 unspecified atom stereocenters. The van der Waals surface area contributed by atoms with E-state index < -0.39 is 23.3 Å². The maximum absolute atomic E-state index is 13.0. The summed E-state index contributed by atoms with van der Waals surface area (Å²) in [4.78, 5) is 40.3. The number of ketones is 1. The molecule has 1 amide bonds. The van der Waals surface area contributed by atoms with Gasteiger partial charge in [0.25, 0.3) is 11.5 Å². The van der Waals surface area contributed by atoms with Crippen molar-refractivity contribution in [2.75, 3.05) is 6.54 Å². The molecule has 2 heterocycles. The Morgan fingerprint density at radius 2 is 1.88 bits per heavy atom. The molecule has 0 spiro atoms. The molecular formula is C25H25N3O4S2. The molecule has 0 aliphatic carbocycles. The summed E-state index contributed by atoms with van der Waals surface area (Å²) in [5.41, 5.74) is 1.38. The minimum atomic E-state index is -0.623. The van der Waals surface area contributed by atoms with Gasteiger partial charge in [-0.25, -0.2) is 0 Å². The molecule has 176 valence electrons. The number of thiocarbonyl (C=S) groups is 1. The number of nitriles is 1. The van der Waals surface area contributed by atoms with E-state index in [4.69, 9.17) is 12.2 Å². The van der Waals surface area contributed by atoms with Gasteiger partial charge in [-0.1, -0.05) is 53.8 Å². The highest BCUT2D eigenvalue weighted by Gasteiger charge is 2.32. The normalized spacial score (nSPS) is 14.8. The summed E-state index contributed by atoms with van der Waals surface area (Å²) in [6, 6.07) is 9.22. The number of Topliss-reactive ketones (excluding diaryl/α,β-unsaturated/α-hetero) is 1. The molecule has 34 heavy (non-hydrogen) atoms. The van der Waals surface area contributed by atoms with Gasteiger partial charge in [-0.05, 0) is 51.3 Å². The molecule has 0 bridgehead atoms. The predicted octanol–water partition coefficient (Wildman–Crippen LogP) is 4.49. The molecule has 1 fully saturated rings. The van der Waals surface area contributed by atoms with Crippen LogP contribution in [0.2, 0.25) is 0 Å². The number of rotatable bonds is 7. The second kappa shape index (κ2) is 10.4. The number of aromatic nitrogens is 1. The average Bonchev–Trinajstić information content (AvgIpc) is 3.02. The van der Waals surface area contributed by atoms with Crippen molar-refractivity contribution in [3.05, 3.63) is 67.3 Å². The molecule has 0 atom stereocenters. The van der Waals surface area contributed by atoms with Gasteiger partial charge < -0.3 is 5.11 Å². The first-order valence-electron chi connectivity index (χ1n) is 10.8. The largest absolute Gasteiger partial charge is 0.494 e. The van der Waals surface area contributed by atoms with Gasteiger partial charge in [-0.3, -0.25) is 23.9 Å². The summed E-state index contributed by atoms with van der Waals surface area (Å²) in [7, 11) is 0. The van der Waals surface area contributed by atoms with Gasteiger partial charge in [0.05, 0.1) is 10.5 Å². The molecule has 3 rings (SSSR count). The number of hydrogen-bond donors (Lipinski definition) is 1. The predicted molar refractivity (Wildman–Crippen MR) is 137 cm³/mol. The van der Waals surface area contributed by atoms with Gasteiger partial charge in [0.15, 0.2) is 5.78 Å². The SMILES string of the molecule is Cc1ccc(/C=C2\SC(=S)N(CCCC(=O)c3c(C)c(C#N)c(=O)n(C(C)C)c3O)C2=O)cc1. The maximum Gasteiger partial charge on any atom is 0.271 e. The smallest absolute Gasteiger partial charge is 0.271 e. The van der Waals surface area contributed by atoms with E-state index in [1.54, 1.807) is 19.9 Å². The first-order chi connectivity index (χ1) is 16.1. The number of pyridine rings is 1. The summed E-state index contributed by atoms with van der Waals surface area (Å²) in [6.45, 7) is 7.09. The molecule has 0 radical (unpaired) electrons. The van der Waals surface area contributed by atoms with Crippen LogP contribution in [-0.4, -0.2) is 37.1 Å². The topological polar surface area (TPSA) is 103 Å². The lowest BCUT2D eigenvalue weighted by Crippen LogP contribution is -2.30. The zero-order chi connectivity index (χ0) is 25.2. The summed E-state index contributed by atoms with van der Waals surface area (Å²) < 4.78 is 1.48. The second-order valence-corrected chi connectivity index (χ2v) is 10.0. The van der Waals surface area contributed by atoms with E-state index >= 15 is 0 Å². The molecule has 9 heteroatoms. The lowest BCUT2D eigenvalue weighted by Gasteiger charge is -2.18. The lowest BCUT2D eigenvalue weighted by atomic mass is 9.98. The number of aryl methyl sites for hydroxylation is 1. The van der Waals surface area contributed by atoms with Crippen LogP contribution >= 0.6 is 24.0 Å². The third-order valence-corrected chi connectivity index (χ3v) is 6.95. The molecular weight excluding hydrogens is 470 g/mol. The average molecular weight is 496 g/mol. The van der Waals surface area contributed by atoms with Gasteiger partial charge >= 0.3 is 0 Å². The Morgan fingerprint density at radius 1 is 1.24 bits per heavy atom. The number of amides is 1. The summed E-state index contributed by atoms with van der Waals surface area (Å²) >= 11 is 6.59. The zero-order valence-corrected chi connectivity index (χ0v) is 21.0. The van der Waals surface area contributed by atoms with Crippen LogP contribution in [0.15, 0.2) is 34.0 Å². The van der Waals surface area contributed by atoms with Crippen LogP contribution in [0, 0.1) is 25.2 Å². The van der Waals surface area contributed by atoms with E-state index in [1.165, 1.54) is 23.6 Å². The number of carbonyl (C=O) groups excluding carboxylic acids is 2. The highest BCUT2D eigenvalue weighted by atomic mass is 32.2. The van der Waals surface area contributed by atoms with E-state index in [0.717, 1.165) is 15.7 Å². The Labute approximate surface area is 207 Å². The van der Waals surface area contributed by atoms with Crippen LogP contribution in [0.25, 0.3) is 6.08 Å². The van der Waals surface area contributed by atoms with E-state index in [-0.39, 0.29) is 35.6 Å². The molecule has 0 saturated carbocycles. The van der Waals surface area contributed by atoms with Crippen LogP contribution in [0.3, 0.4) is 0 Å². The van der Waals surface area contributed by atoms with Crippen LogP contribution in [0.4, 0.5) is 0 Å². The van der Waals surface area contributed by atoms with Crippen LogP contribution < -0.4 is 5.56 Å². The minimum Gasteiger partial charge on any atom is -0.494 e. The van der Waals surface area contributed by atoms with Crippen molar-refractivity contribution in [3.63, 3.8) is 0 Å². The fraction of sp³-hybridized carbons (Fsp3) is 0.320. The first kappa shape index (κ1) is 25.4. The Morgan fingerprint density at radius 3 is 2.47 bits per heavy atom. The van der Waals surface area contributed by atoms with E-state index in [9.17, 15) is 24.8 Å². The second-order valence-electron chi connectivity index (χ2n) is 8.35. The van der Waals surface area contributed by atoms with Crippen molar-refractivity contribution < 1.29 is 14.7 Å². The number of carbonyl (C=O) groups is 2. The van der Waals surface area contributed by atoms with Crippen LogP contribution in [0.1, 0.15) is 65.3 Å². The highest BCUT2D eigenvalue weighted by molar-refractivity contribution is 8.26. The summed E-state index contributed by atoms with van der Waals surface area (Å²) in [6.07, 6.45) is 2.12. The van der Waals surface area contributed by atoms with Crippen molar-refractivity contribution in [2.45, 2.75) is 46.6 Å². The van der Waals surface area contributed by atoms with E-state index in [0.29, 0.717) is 15.6 Å². The molecule has 1 N–H and O–H groups in total. The molecule has 2 aromatic rings. The standard InChI is InChI=1S/C25H25N3O4S2/c1-14(2)28-22(30)18(13-26)16(4)21(24(28)32)19(29)6-5-11-27-23(31)20(34-25(27)33)12-17-9-7-15(3)8-10-17/h7-10,12,14,32H,5-6,11H2,1-4H3/b20-12-. The fourth-order valence-corrected chi connectivity index (χ4v) is 5.07. The highest BCUT2D eigenvalue weighted by Crippen LogP contribution is 2.33. The molecule has 1 aromatic carbocycles. The number of thioether (sulfide) groups is 1. The first-order valence-corrected chi connectivity index (χ1v) is 12.0. The summed E-state index contributed by atoms with van der Waals surface area (Å²) in [5, 5.41) is 20.0. The van der Waals surface area contributed by atoms with Gasteiger partial charge in [0.1, 0.15) is 16.0 Å². The molecule has 7 nitrogen and oxygen atoms in total. The Bertz CT molecular complexity index is 1300. The third kappa shape index (κ3) is 4.98. The quantitative estimate of drug-likeness (QED) is 0.343. The number of benzene rings is 1. The minimum absolute atomic E-state index is 0.0175. The molecule has 1 aliphatic rings. The van der Waals surface area contributed by atoms with Crippen molar-refractivity contribution in [3.8, 4) is 11.9 Å². The van der Waals surface area contributed by atoms with E-state index in [1.807, 2.05) is 37.3 Å². The molecule has 1 aromatic heterocycles. The fourth-order valence-electron chi connectivity index (χ4n) is 3.76. The van der Waals surface area contributed by atoms with Gasteiger partial charge in [-0.15, -0.1) is 0 Å². The lowest BCUT2D eigenvalue weighted by molar-refractivity contribution is -0.122. The van der Waals surface area contributed by atoms with Crippen molar-refractivity contribution in [2.24, 2.45) is 0 Å². The Kier molecular flexibility index (Phi) is 7.75.